The number of hydrogen-bond donors (Lipinski definition) is 1. The van der Waals surface area contributed by atoms with E-state index in [0.717, 1.165) is 38.6 Å². The van der Waals surface area contributed by atoms with Crippen molar-refractivity contribution < 1.29 is 4.79 Å². The van der Waals surface area contributed by atoms with E-state index in [9.17, 15) is 4.79 Å². The van der Waals surface area contributed by atoms with E-state index in [-0.39, 0.29) is 5.91 Å². The Morgan fingerprint density at radius 2 is 1.48 bits per heavy atom. The molecule has 158 valence electrons. The Hall–Kier alpha value is -4.58. The number of pyridine rings is 2. The second-order valence-electron chi connectivity index (χ2n) is 7.83. The van der Waals surface area contributed by atoms with Crippen LogP contribution in [0, 0.1) is 0 Å². The van der Waals surface area contributed by atoms with Gasteiger partial charge in [-0.05, 0) is 24.3 Å². The summed E-state index contributed by atoms with van der Waals surface area (Å²) in [5.41, 5.74) is 4.74. The molecule has 2 aromatic heterocycles. The van der Waals surface area contributed by atoms with Gasteiger partial charge in [0.15, 0.2) is 6.17 Å². The minimum Gasteiger partial charge on any atom is -0.359 e. The summed E-state index contributed by atoms with van der Waals surface area (Å²) in [6.07, 6.45) is 4.72. The van der Waals surface area contributed by atoms with Crippen LogP contribution in [0.3, 0.4) is 0 Å². The van der Waals surface area contributed by atoms with Crippen LogP contribution in [0.5, 0.6) is 0 Å². The van der Waals surface area contributed by atoms with E-state index in [1.54, 1.807) is 18.6 Å². The summed E-state index contributed by atoms with van der Waals surface area (Å²) in [5.74, 6) is -0.174. The average Bonchev–Trinajstić information content (AvgIpc) is 2.88. The maximum absolute atomic E-state index is 13.6. The number of carbonyl (C=O) groups excluding carboxylic acids is 1. The number of nitrogens with one attached hydrogen (secondary N) is 1. The van der Waals surface area contributed by atoms with Crippen LogP contribution in [0.25, 0.3) is 21.8 Å². The number of hydrazone groups is 1. The van der Waals surface area contributed by atoms with Crippen LogP contribution < -0.4 is 5.32 Å². The van der Waals surface area contributed by atoms with Crippen molar-refractivity contribution in [1.82, 2.24) is 15.0 Å². The quantitative estimate of drug-likeness (QED) is 0.391. The Bertz CT molecular complexity index is 1530. The zero-order valence-corrected chi connectivity index (χ0v) is 17.6. The van der Waals surface area contributed by atoms with E-state index in [0.29, 0.717) is 5.56 Å². The number of rotatable bonds is 3. The highest BCUT2D eigenvalue weighted by atomic mass is 16.2. The summed E-state index contributed by atoms with van der Waals surface area (Å²) in [4.78, 5) is 22.6. The molecule has 0 radical (unpaired) electrons. The third-order valence-electron chi connectivity index (χ3n) is 5.85. The smallest absolute Gasteiger partial charge is 0.278 e. The highest BCUT2D eigenvalue weighted by molar-refractivity contribution is 6.03. The summed E-state index contributed by atoms with van der Waals surface area (Å²) in [5, 5.41) is 11.7. The number of para-hydroxylation sites is 3. The lowest BCUT2D eigenvalue weighted by molar-refractivity contribution is 0.0692. The number of benzene rings is 3. The van der Waals surface area contributed by atoms with Crippen LogP contribution >= 0.6 is 0 Å². The van der Waals surface area contributed by atoms with Gasteiger partial charge < -0.3 is 5.32 Å². The standard InChI is InChI=1S/C27H19N5O/c33-27-21-12-1-2-14-23(21)31-26(22-13-4-8-19-11-6-16-29-25(19)22)32(27)30-17-20-9-3-7-18-10-5-15-28-24(18)20/h1-17,26,31H/b30-17+. The fourth-order valence-corrected chi connectivity index (χ4v) is 4.28. The number of carbonyl (C=O) groups is 1. The molecule has 0 saturated heterocycles. The molecule has 33 heavy (non-hydrogen) atoms. The lowest BCUT2D eigenvalue weighted by atomic mass is 10.0. The number of nitrogens with zero attached hydrogens (tertiary/aromatic N) is 4. The van der Waals surface area contributed by atoms with Gasteiger partial charge in [0.2, 0.25) is 0 Å². The van der Waals surface area contributed by atoms with Crippen LogP contribution in [-0.2, 0) is 0 Å². The van der Waals surface area contributed by atoms with Crippen molar-refractivity contribution in [2.45, 2.75) is 6.17 Å². The molecule has 3 aromatic carbocycles. The van der Waals surface area contributed by atoms with Crippen LogP contribution in [0.2, 0.25) is 0 Å². The first-order valence-corrected chi connectivity index (χ1v) is 10.7. The van der Waals surface area contributed by atoms with E-state index in [2.05, 4.69) is 20.4 Å². The normalized spacial score (nSPS) is 15.7. The minimum atomic E-state index is -0.509. The van der Waals surface area contributed by atoms with Gasteiger partial charge in [0, 0.05) is 40.0 Å². The van der Waals surface area contributed by atoms with Gasteiger partial charge >= 0.3 is 0 Å². The van der Waals surface area contributed by atoms with Gasteiger partial charge in [0.1, 0.15) is 0 Å². The largest absolute Gasteiger partial charge is 0.359 e. The van der Waals surface area contributed by atoms with Crippen LogP contribution in [-0.4, -0.2) is 27.1 Å². The van der Waals surface area contributed by atoms with Crippen LogP contribution in [0.4, 0.5) is 5.69 Å². The van der Waals surface area contributed by atoms with Crippen molar-refractivity contribution in [2.75, 3.05) is 5.32 Å². The van der Waals surface area contributed by atoms with Crippen LogP contribution in [0.15, 0.2) is 102 Å². The number of hydrogen-bond acceptors (Lipinski definition) is 5. The Labute approximate surface area is 190 Å². The molecule has 1 aliphatic rings. The molecule has 0 aliphatic carbocycles. The van der Waals surface area contributed by atoms with Gasteiger partial charge in [-0.1, -0.05) is 60.7 Å². The van der Waals surface area contributed by atoms with Gasteiger partial charge in [-0.15, -0.1) is 0 Å². The molecule has 0 saturated carbocycles. The zero-order valence-electron chi connectivity index (χ0n) is 17.6. The first-order chi connectivity index (χ1) is 16.3. The molecular weight excluding hydrogens is 410 g/mol. The van der Waals surface area contributed by atoms with Crippen molar-refractivity contribution in [1.29, 1.82) is 0 Å². The van der Waals surface area contributed by atoms with Gasteiger partial charge in [-0.2, -0.15) is 5.10 Å². The number of fused-ring (bicyclic) bond motifs is 3. The van der Waals surface area contributed by atoms with Gasteiger partial charge in [-0.25, -0.2) is 5.01 Å². The third-order valence-corrected chi connectivity index (χ3v) is 5.85. The zero-order chi connectivity index (χ0) is 22.2. The number of amides is 1. The Morgan fingerprint density at radius 3 is 2.33 bits per heavy atom. The van der Waals surface area contributed by atoms with Gasteiger partial charge in [0.05, 0.1) is 22.8 Å². The van der Waals surface area contributed by atoms with Crippen molar-refractivity contribution in [3.8, 4) is 0 Å². The Morgan fingerprint density at radius 1 is 0.788 bits per heavy atom. The second kappa shape index (κ2) is 7.84. The second-order valence-corrected chi connectivity index (χ2v) is 7.83. The predicted octanol–water partition coefficient (Wildman–Crippen LogP) is 5.38. The molecule has 0 fully saturated rings. The maximum atomic E-state index is 13.6. The first kappa shape index (κ1) is 19.1. The van der Waals surface area contributed by atoms with E-state index in [1.165, 1.54) is 5.01 Å². The molecule has 6 nitrogen and oxygen atoms in total. The third kappa shape index (κ3) is 3.29. The first-order valence-electron chi connectivity index (χ1n) is 10.7. The van der Waals surface area contributed by atoms with Crippen LogP contribution in [0.1, 0.15) is 27.7 Å². The lowest BCUT2D eigenvalue weighted by Gasteiger charge is -2.34. The molecule has 3 heterocycles. The molecule has 0 bridgehead atoms. The van der Waals surface area contributed by atoms with Crippen molar-refractivity contribution in [2.24, 2.45) is 5.10 Å². The van der Waals surface area contributed by atoms with E-state index in [4.69, 9.17) is 0 Å². The lowest BCUT2D eigenvalue weighted by Crippen LogP contribution is -2.39. The molecule has 1 N–H and O–H groups in total. The summed E-state index contributed by atoms with van der Waals surface area (Å²) >= 11 is 0. The summed E-state index contributed by atoms with van der Waals surface area (Å²) < 4.78 is 0. The molecule has 1 amide bonds. The van der Waals surface area contributed by atoms with Gasteiger partial charge in [0.25, 0.3) is 5.91 Å². The fraction of sp³-hybridized carbons (Fsp3) is 0.0370. The van der Waals surface area contributed by atoms with Crippen molar-refractivity contribution in [3.05, 3.63) is 114 Å². The molecule has 1 unspecified atom stereocenters. The molecule has 0 spiro atoms. The summed E-state index contributed by atoms with van der Waals surface area (Å²) in [6.45, 7) is 0. The Kier molecular flexibility index (Phi) is 4.54. The molecule has 5 aromatic rings. The highest BCUT2D eigenvalue weighted by Crippen LogP contribution is 2.35. The molecule has 6 heteroatoms. The molecular formula is C27H19N5O. The van der Waals surface area contributed by atoms with E-state index < -0.39 is 6.17 Å². The van der Waals surface area contributed by atoms with E-state index >= 15 is 0 Å². The monoisotopic (exact) mass is 429 g/mol. The summed E-state index contributed by atoms with van der Waals surface area (Å²) in [7, 11) is 0. The molecule has 1 atom stereocenters. The molecule has 1 aliphatic heterocycles. The number of anilines is 1. The topological polar surface area (TPSA) is 70.5 Å². The van der Waals surface area contributed by atoms with Crippen molar-refractivity contribution >= 4 is 39.6 Å². The Balaban J connectivity index is 1.50. The summed E-state index contributed by atoms with van der Waals surface area (Å²) in [6, 6.07) is 27.2. The minimum absolute atomic E-state index is 0.174. The van der Waals surface area contributed by atoms with E-state index in [1.807, 2.05) is 84.9 Å². The van der Waals surface area contributed by atoms with Crippen molar-refractivity contribution in [3.63, 3.8) is 0 Å². The number of aromatic nitrogens is 2. The fourth-order valence-electron chi connectivity index (χ4n) is 4.28. The maximum Gasteiger partial charge on any atom is 0.278 e. The highest BCUT2D eigenvalue weighted by Gasteiger charge is 2.34. The van der Waals surface area contributed by atoms with Gasteiger partial charge in [-0.3, -0.25) is 14.8 Å². The molecule has 6 rings (SSSR count). The SMILES string of the molecule is O=C1c2ccccc2NC(c2cccc3cccnc23)N1/N=C/c1cccc2cccnc12. The predicted molar refractivity (Wildman–Crippen MR) is 130 cm³/mol. The average molecular weight is 429 g/mol.